The molecule has 0 spiro atoms. The van der Waals surface area contributed by atoms with E-state index < -0.39 is 11.7 Å². The average Bonchev–Trinajstić information content (AvgIpc) is 3.02. The number of H-pyrrole nitrogens is 1. The molecule has 1 heterocycles. The van der Waals surface area contributed by atoms with Crippen LogP contribution in [0.15, 0.2) is 48.5 Å². The van der Waals surface area contributed by atoms with Gasteiger partial charge in [0.25, 0.3) is 0 Å². The van der Waals surface area contributed by atoms with Gasteiger partial charge < -0.3 is 5.32 Å². The van der Waals surface area contributed by atoms with Crippen molar-refractivity contribution in [1.29, 1.82) is 0 Å². The van der Waals surface area contributed by atoms with Crippen molar-refractivity contribution in [2.24, 2.45) is 0 Å². The summed E-state index contributed by atoms with van der Waals surface area (Å²) in [5.41, 5.74) is 1.21. The number of anilines is 2. The number of rotatable bonds is 4. The maximum absolute atomic E-state index is 12.8. The second-order valence-electron chi connectivity index (χ2n) is 4.87. The van der Waals surface area contributed by atoms with Crippen LogP contribution in [0.4, 0.5) is 24.5 Å². The lowest BCUT2D eigenvalue weighted by molar-refractivity contribution is -0.137. The number of para-hydroxylation sites is 1. The number of hydrogen-bond acceptors (Lipinski definition) is 4. The lowest BCUT2D eigenvalue weighted by Gasteiger charge is -2.13. The monoisotopic (exact) mass is 319 g/mol. The van der Waals surface area contributed by atoms with E-state index in [2.05, 4.69) is 25.9 Å². The first-order chi connectivity index (χ1) is 11.0. The molecule has 3 aromatic rings. The normalized spacial score (nSPS) is 11.4. The van der Waals surface area contributed by atoms with Crippen LogP contribution >= 0.6 is 0 Å². The lowest BCUT2D eigenvalue weighted by atomic mass is 10.1. The van der Waals surface area contributed by atoms with E-state index in [1.54, 1.807) is 18.2 Å². The summed E-state index contributed by atoms with van der Waals surface area (Å²) >= 11 is 0. The minimum absolute atomic E-state index is 0.361. The molecule has 0 fully saturated rings. The van der Waals surface area contributed by atoms with E-state index in [0.29, 0.717) is 23.6 Å². The number of benzene rings is 2. The van der Waals surface area contributed by atoms with E-state index in [4.69, 9.17) is 0 Å². The summed E-state index contributed by atoms with van der Waals surface area (Å²) in [6.07, 6.45) is -3.96. The van der Waals surface area contributed by atoms with Crippen LogP contribution in [0.1, 0.15) is 17.0 Å². The Bertz CT molecular complexity index is 784. The number of halogens is 3. The topological polar surface area (TPSA) is 66.5 Å². The number of nitrogens with zero attached hydrogens (tertiary/aromatic N) is 3. The molecule has 0 aliphatic rings. The number of nitrogens with one attached hydrogen (secondary N) is 2. The highest BCUT2D eigenvalue weighted by Crippen LogP contribution is 2.32. The number of tetrazole rings is 1. The molecule has 1 aromatic heterocycles. The van der Waals surface area contributed by atoms with Gasteiger partial charge in [0.15, 0.2) is 5.82 Å². The van der Waals surface area contributed by atoms with Crippen LogP contribution in [0.5, 0.6) is 0 Å². The van der Waals surface area contributed by atoms with E-state index in [0.717, 1.165) is 17.7 Å². The molecule has 0 saturated carbocycles. The van der Waals surface area contributed by atoms with Crippen molar-refractivity contribution in [2.75, 3.05) is 5.32 Å². The molecule has 0 amide bonds. The molecular weight excluding hydrogens is 307 g/mol. The van der Waals surface area contributed by atoms with Gasteiger partial charge in [0.2, 0.25) is 0 Å². The molecule has 0 bridgehead atoms. The molecule has 118 valence electrons. The van der Waals surface area contributed by atoms with Crippen LogP contribution in [0.25, 0.3) is 0 Å². The lowest BCUT2D eigenvalue weighted by Crippen LogP contribution is -2.05. The molecule has 3 rings (SSSR count). The fourth-order valence-electron chi connectivity index (χ4n) is 2.15. The van der Waals surface area contributed by atoms with Gasteiger partial charge in [-0.3, -0.25) is 0 Å². The maximum Gasteiger partial charge on any atom is 0.416 e. The van der Waals surface area contributed by atoms with E-state index in [-0.39, 0.29) is 0 Å². The molecule has 2 aromatic carbocycles. The van der Waals surface area contributed by atoms with E-state index in [1.165, 1.54) is 6.07 Å². The third kappa shape index (κ3) is 3.65. The molecule has 2 N–H and O–H groups in total. The largest absolute Gasteiger partial charge is 0.416 e. The first kappa shape index (κ1) is 15.0. The maximum atomic E-state index is 12.8. The van der Waals surface area contributed by atoms with Crippen molar-refractivity contribution in [2.45, 2.75) is 12.6 Å². The van der Waals surface area contributed by atoms with Crippen LogP contribution in [0.3, 0.4) is 0 Å². The summed E-state index contributed by atoms with van der Waals surface area (Å²) in [5, 5.41) is 16.6. The van der Waals surface area contributed by atoms with E-state index >= 15 is 0 Å². The molecular formula is C15H12F3N5. The van der Waals surface area contributed by atoms with Gasteiger partial charge in [-0.05, 0) is 29.8 Å². The Morgan fingerprint density at radius 2 is 1.87 bits per heavy atom. The summed E-state index contributed by atoms with van der Waals surface area (Å²) in [6.45, 7) is 0. The van der Waals surface area contributed by atoms with Crippen LogP contribution < -0.4 is 5.32 Å². The fourth-order valence-corrected chi connectivity index (χ4v) is 2.15. The molecule has 8 heteroatoms. The molecule has 0 atom stereocenters. The highest BCUT2D eigenvalue weighted by molar-refractivity contribution is 5.64. The highest BCUT2D eigenvalue weighted by Gasteiger charge is 2.30. The van der Waals surface area contributed by atoms with Gasteiger partial charge in [-0.15, -0.1) is 10.2 Å². The quantitative estimate of drug-likeness (QED) is 0.772. The molecule has 0 unspecified atom stereocenters. The predicted molar refractivity (Wildman–Crippen MR) is 78.2 cm³/mol. The minimum Gasteiger partial charge on any atom is -0.355 e. The van der Waals surface area contributed by atoms with Crippen molar-refractivity contribution < 1.29 is 13.2 Å². The zero-order valence-electron chi connectivity index (χ0n) is 11.8. The van der Waals surface area contributed by atoms with Gasteiger partial charge in [0.05, 0.1) is 5.56 Å². The second kappa shape index (κ2) is 6.07. The Kier molecular flexibility index (Phi) is 3.96. The first-order valence-corrected chi connectivity index (χ1v) is 6.77. The van der Waals surface area contributed by atoms with Gasteiger partial charge >= 0.3 is 6.18 Å². The van der Waals surface area contributed by atoms with Crippen molar-refractivity contribution in [3.05, 3.63) is 65.5 Å². The van der Waals surface area contributed by atoms with Crippen LogP contribution in [0, 0.1) is 0 Å². The van der Waals surface area contributed by atoms with Gasteiger partial charge in [-0.25, -0.2) is 0 Å². The summed E-state index contributed by atoms with van der Waals surface area (Å²) < 4.78 is 38.3. The summed E-state index contributed by atoms with van der Waals surface area (Å²) in [4.78, 5) is 0. The number of aromatic nitrogens is 4. The average molecular weight is 319 g/mol. The van der Waals surface area contributed by atoms with Crippen LogP contribution in [-0.2, 0) is 12.6 Å². The molecule has 23 heavy (non-hydrogen) atoms. The SMILES string of the molecule is FC(F)(F)c1cccc(Nc2ccccc2Cc2nn[nH]n2)c1. The molecule has 0 aliphatic heterocycles. The first-order valence-electron chi connectivity index (χ1n) is 6.77. The van der Waals surface area contributed by atoms with Crippen molar-refractivity contribution in [3.63, 3.8) is 0 Å². The summed E-state index contributed by atoms with van der Waals surface area (Å²) in [6, 6.07) is 12.3. The second-order valence-corrected chi connectivity index (χ2v) is 4.87. The summed E-state index contributed by atoms with van der Waals surface area (Å²) in [5.74, 6) is 0.503. The van der Waals surface area contributed by atoms with Crippen molar-refractivity contribution in [3.8, 4) is 0 Å². The van der Waals surface area contributed by atoms with Crippen LogP contribution in [0.2, 0.25) is 0 Å². The predicted octanol–water partition coefficient (Wildman–Crippen LogP) is 3.55. The summed E-state index contributed by atoms with van der Waals surface area (Å²) in [7, 11) is 0. The Hall–Kier alpha value is -2.90. The van der Waals surface area contributed by atoms with Crippen molar-refractivity contribution in [1.82, 2.24) is 20.6 Å². The molecule has 0 aliphatic carbocycles. The third-order valence-corrected chi connectivity index (χ3v) is 3.22. The highest BCUT2D eigenvalue weighted by atomic mass is 19.4. The third-order valence-electron chi connectivity index (χ3n) is 3.22. The molecule has 5 nitrogen and oxygen atoms in total. The van der Waals surface area contributed by atoms with E-state index in [9.17, 15) is 13.2 Å². The minimum atomic E-state index is -4.37. The fraction of sp³-hybridized carbons (Fsp3) is 0.133. The van der Waals surface area contributed by atoms with Crippen LogP contribution in [-0.4, -0.2) is 20.6 Å². The van der Waals surface area contributed by atoms with Gasteiger partial charge in [-0.1, -0.05) is 29.5 Å². The van der Waals surface area contributed by atoms with Gasteiger partial charge in [-0.2, -0.15) is 18.4 Å². The standard InChI is InChI=1S/C15H12F3N5/c16-15(17,18)11-5-3-6-12(9-11)19-13-7-2-1-4-10(13)8-14-20-22-23-21-14/h1-7,9,19H,8H2,(H,20,21,22,23). The van der Waals surface area contributed by atoms with Gasteiger partial charge in [0.1, 0.15) is 0 Å². The molecule has 0 radical (unpaired) electrons. The van der Waals surface area contributed by atoms with E-state index in [1.807, 2.05) is 12.1 Å². The Morgan fingerprint density at radius 1 is 1.04 bits per heavy atom. The Morgan fingerprint density at radius 3 is 2.61 bits per heavy atom. The number of aromatic amines is 1. The smallest absolute Gasteiger partial charge is 0.355 e. The van der Waals surface area contributed by atoms with Crippen molar-refractivity contribution >= 4 is 11.4 Å². The molecule has 0 saturated heterocycles. The number of hydrogen-bond donors (Lipinski definition) is 2. The zero-order chi connectivity index (χ0) is 16.3. The number of alkyl halides is 3. The Labute approximate surface area is 129 Å². The zero-order valence-corrected chi connectivity index (χ0v) is 11.8. The van der Waals surface area contributed by atoms with Gasteiger partial charge in [0, 0.05) is 17.8 Å². The Balaban J connectivity index is 1.86.